The summed E-state index contributed by atoms with van der Waals surface area (Å²) in [5.41, 5.74) is 1.03. The van der Waals surface area contributed by atoms with Crippen LogP contribution in [0, 0.1) is 11.8 Å². The van der Waals surface area contributed by atoms with Crippen molar-refractivity contribution in [2.24, 2.45) is 11.8 Å². The normalized spacial score (nSPS) is 29.5. The highest BCUT2D eigenvalue weighted by Crippen LogP contribution is 2.40. The van der Waals surface area contributed by atoms with E-state index in [0.29, 0.717) is 18.1 Å². The maximum atomic E-state index is 12.1. The molecule has 2 aliphatic carbocycles. The third kappa shape index (κ3) is 2.31. The average Bonchev–Trinajstić information content (AvgIpc) is 2.26. The van der Waals surface area contributed by atoms with Crippen LogP contribution in [0.1, 0.15) is 19.3 Å². The lowest BCUT2D eigenvalue weighted by Gasteiger charge is -2.36. The molecule has 0 aromatic rings. The quantitative estimate of drug-likeness (QED) is 0.765. The molecule has 1 N–H and O–H groups in total. The summed E-state index contributed by atoms with van der Waals surface area (Å²) in [5.74, 6) is 0.671. The van der Waals surface area contributed by atoms with Gasteiger partial charge in [-0.25, -0.2) is 0 Å². The highest BCUT2D eigenvalue weighted by atomic mass is 28.3. The van der Waals surface area contributed by atoms with Crippen LogP contribution < -0.4 is 0 Å². The summed E-state index contributed by atoms with van der Waals surface area (Å²) in [6, 6.07) is 0. The minimum atomic E-state index is -1.47. The van der Waals surface area contributed by atoms with Crippen LogP contribution in [0.2, 0.25) is 19.6 Å². The van der Waals surface area contributed by atoms with E-state index in [-0.39, 0.29) is 12.5 Å². The van der Waals surface area contributed by atoms with Crippen LogP contribution >= 0.6 is 0 Å². The fraction of sp³-hybridized carbons (Fsp3) is 0.643. The topological polar surface area (TPSA) is 37.3 Å². The van der Waals surface area contributed by atoms with Gasteiger partial charge >= 0.3 is 0 Å². The molecule has 0 saturated heterocycles. The van der Waals surface area contributed by atoms with Gasteiger partial charge in [-0.3, -0.25) is 4.79 Å². The van der Waals surface area contributed by atoms with E-state index in [1.165, 1.54) is 5.20 Å². The molecule has 2 aliphatic rings. The number of carbonyl (C=O) groups is 1. The van der Waals surface area contributed by atoms with Crippen molar-refractivity contribution in [2.75, 3.05) is 6.61 Å². The maximum Gasteiger partial charge on any atom is 0.140 e. The predicted octanol–water partition coefficient (Wildman–Crippen LogP) is 2.71. The summed E-state index contributed by atoms with van der Waals surface area (Å²) >= 11 is 0. The molecule has 0 aromatic carbocycles. The Labute approximate surface area is 104 Å². The molecule has 0 aliphatic heterocycles. The second-order valence-electron chi connectivity index (χ2n) is 6.21. The first-order valence-electron chi connectivity index (χ1n) is 6.50. The number of fused-ring (bicyclic) bond motifs is 1. The Kier molecular flexibility index (Phi) is 3.41. The first kappa shape index (κ1) is 12.8. The van der Waals surface area contributed by atoms with Crippen LogP contribution in [0.3, 0.4) is 0 Å². The number of hydrogen-bond donors (Lipinski definition) is 1. The number of allylic oxidation sites excluding steroid dienone is 3. The molecule has 17 heavy (non-hydrogen) atoms. The lowest BCUT2D eigenvalue weighted by Crippen LogP contribution is -2.37. The van der Waals surface area contributed by atoms with Gasteiger partial charge in [0.15, 0.2) is 0 Å². The molecule has 0 radical (unpaired) electrons. The number of ketones is 1. The highest BCUT2D eigenvalue weighted by molar-refractivity contribution is 6.83. The van der Waals surface area contributed by atoms with E-state index in [2.05, 4.69) is 31.8 Å². The van der Waals surface area contributed by atoms with Gasteiger partial charge in [0.25, 0.3) is 0 Å². The van der Waals surface area contributed by atoms with Crippen molar-refractivity contribution < 1.29 is 9.90 Å². The molecule has 1 fully saturated rings. The number of aliphatic hydroxyl groups is 1. The van der Waals surface area contributed by atoms with E-state index in [1.807, 2.05) is 0 Å². The summed E-state index contributed by atoms with van der Waals surface area (Å²) in [7, 11) is -1.47. The molecule has 2 atom stereocenters. The van der Waals surface area contributed by atoms with Crippen molar-refractivity contribution in [3.63, 3.8) is 0 Å². The molecule has 1 saturated carbocycles. The van der Waals surface area contributed by atoms with Gasteiger partial charge in [0.05, 0.1) is 14.7 Å². The van der Waals surface area contributed by atoms with Crippen molar-refractivity contribution in [1.82, 2.24) is 0 Å². The van der Waals surface area contributed by atoms with Crippen molar-refractivity contribution in [2.45, 2.75) is 38.9 Å². The first-order chi connectivity index (χ1) is 7.95. The number of Topliss-reactive ketones (excluding diaryl/α,β-unsaturated/α-hetero) is 1. The van der Waals surface area contributed by atoms with Gasteiger partial charge in [0.1, 0.15) is 5.78 Å². The summed E-state index contributed by atoms with van der Waals surface area (Å²) < 4.78 is 0. The van der Waals surface area contributed by atoms with E-state index in [0.717, 1.165) is 18.4 Å². The minimum Gasteiger partial charge on any atom is -0.392 e. The van der Waals surface area contributed by atoms with Crippen molar-refractivity contribution in [3.8, 4) is 0 Å². The fourth-order valence-corrected chi connectivity index (χ4v) is 4.94. The molecule has 3 heteroatoms. The largest absolute Gasteiger partial charge is 0.392 e. The Bertz CT molecular complexity index is 388. The van der Waals surface area contributed by atoms with Gasteiger partial charge in [0, 0.05) is 12.3 Å². The van der Waals surface area contributed by atoms with E-state index in [4.69, 9.17) is 0 Å². The second kappa shape index (κ2) is 4.54. The zero-order valence-corrected chi connectivity index (χ0v) is 12.0. The highest BCUT2D eigenvalue weighted by Gasteiger charge is 2.38. The van der Waals surface area contributed by atoms with Crippen molar-refractivity contribution >= 4 is 13.9 Å². The van der Waals surface area contributed by atoms with Crippen LogP contribution in [0.5, 0.6) is 0 Å². The number of aliphatic hydroxyl groups excluding tert-OH is 1. The third-order valence-electron chi connectivity index (χ3n) is 3.95. The standard InChI is InChI=1S/C14H22O2Si/c1-17(2,3)13-8-7-10-5-4-6-12(16)14(10)11(13)9-15/h7-8,10,14-15H,4-6,9H2,1-3H3/t10-,14-/m0/s1. The third-order valence-corrected chi connectivity index (χ3v) is 6.05. The Balaban J connectivity index is 2.44. The summed E-state index contributed by atoms with van der Waals surface area (Å²) in [6.07, 6.45) is 7.20. The van der Waals surface area contributed by atoms with Crippen LogP contribution in [0.15, 0.2) is 22.9 Å². The zero-order valence-electron chi connectivity index (χ0n) is 11.0. The van der Waals surface area contributed by atoms with Gasteiger partial charge < -0.3 is 5.11 Å². The predicted molar refractivity (Wildman–Crippen MR) is 72.4 cm³/mol. The monoisotopic (exact) mass is 250 g/mol. The van der Waals surface area contributed by atoms with Crippen LogP contribution in [0.4, 0.5) is 0 Å². The lowest BCUT2D eigenvalue weighted by atomic mass is 9.72. The lowest BCUT2D eigenvalue weighted by molar-refractivity contribution is -0.124. The van der Waals surface area contributed by atoms with Gasteiger partial charge in [-0.05, 0) is 24.3 Å². The van der Waals surface area contributed by atoms with Crippen LogP contribution in [0.25, 0.3) is 0 Å². The SMILES string of the molecule is C[Si](C)(C)C1=C(CO)[C@H]2C(=O)CCC[C@H]2C=C1. The molecule has 2 nitrogen and oxygen atoms in total. The number of rotatable bonds is 2. The molecular weight excluding hydrogens is 228 g/mol. The zero-order chi connectivity index (χ0) is 12.6. The molecule has 0 amide bonds. The molecule has 0 unspecified atom stereocenters. The van der Waals surface area contributed by atoms with E-state index >= 15 is 0 Å². The van der Waals surface area contributed by atoms with Crippen LogP contribution in [-0.4, -0.2) is 25.6 Å². The Morgan fingerprint density at radius 2 is 2.12 bits per heavy atom. The second-order valence-corrected chi connectivity index (χ2v) is 11.2. The molecule has 94 valence electrons. The number of carbonyl (C=O) groups excluding carboxylic acids is 1. The molecular formula is C14H22O2Si. The average molecular weight is 250 g/mol. The summed E-state index contributed by atoms with van der Waals surface area (Å²) in [6.45, 7) is 6.87. The molecule has 0 bridgehead atoms. The van der Waals surface area contributed by atoms with Crippen molar-refractivity contribution in [3.05, 3.63) is 22.9 Å². The smallest absolute Gasteiger partial charge is 0.140 e. The maximum absolute atomic E-state index is 12.1. The molecule has 0 spiro atoms. The van der Waals surface area contributed by atoms with Gasteiger partial charge in [-0.2, -0.15) is 0 Å². The molecule has 2 rings (SSSR count). The summed E-state index contributed by atoms with van der Waals surface area (Å²) in [5, 5.41) is 10.9. The minimum absolute atomic E-state index is 0.0134. The number of hydrogen-bond acceptors (Lipinski definition) is 2. The Morgan fingerprint density at radius 1 is 1.41 bits per heavy atom. The first-order valence-corrected chi connectivity index (χ1v) is 10.0. The van der Waals surface area contributed by atoms with E-state index < -0.39 is 8.07 Å². The van der Waals surface area contributed by atoms with Gasteiger partial charge in [0.2, 0.25) is 0 Å². The van der Waals surface area contributed by atoms with Crippen LogP contribution in [-0.2, 0) is 4.79 Å². The van der Waals surface area contributed by atoms with Gasteiger partial charge in [-0.1, -0.05) is 37.0 Å². The molecule has 0 aromatic heterocycles. The Morgan fingerprint density at radius 3 is 2.71 bits per heavy atom. The summed E-state index contributed by atoms with van der Waals surface area (Å²) in [4.78, 5) is 12.1. The molecule has 0 heterocycles. The van der Waals surface area contributed by atoms with E-state index in [9.17, 15) is 9.90 Å². The van der Waals surface area contributed by atoms with E-state index in [1.54, 1.807) is 0 Å². The van der Waals surface area contributed by atoms with Crippen molar-refractivity contribution in [1.29, 1.82) is 0 Å². The Hall–Kier alpha value is -0.673. The fourth-order valence-electron chi connectivity index (χ4n) is 3.14. The van der Waals surface area contributed by atoms with Gasteiger partial charge in [-0.15, -0.1) is 0 Å².